The number of aromatic hydroxyl groups is 2. The van der Waals surface area contributed by atoms with Crippen molar-refractivity contribution in [1.29, 1.82) is 0 Å². The standard InChI is InChI=1S/C20H26O5/c1-13(9-15-5-7-19(23-3)17(21)11-15)25-14(2)10-16-6-8-20(24-4)18(22)12-16/h5-8,11-14,21-22H,9-10H2,1-4H3. The Balaban J connectivity index is 1.90. The van der Waals surface area contributed by atoms with E-state index in [1.807, 2.05) is 26.0 Å². The third-order valence-electron chi connectivity index (χ3n) is 4.00. The van der Waals surface area contributed by atoms with Crippen LogP contribution in [0.1, 0.15) is 25.0 Å². The van der Waals surface area contributed by atoms with Crippen LogP contribution in [0.2, 0.25) is 0 Å². The first-order valence-electron chi connectivity index (χ1n) is 8.30. The molecule has 0 fully saturated rings. The Hall–Kier alpha value is -2.40. The Kier molecular flexibility index (Phi) is 6.53. The summed E-state index contributed by atoms with van der Waals surface area (Å²) in [7, 11) is 3.05. The number of methoxy groups -OCH3 is 2. The van der Waals surface area contributed by atoms with Gasteiger partial charge in [-0.3, -0.25) is 0 Å². The van der Waals surface area contributed by atoms with Crippen molar-refractivity contribution in [1.82, 2.24) is 0 Å². The molecule has 0 aliphatic carbocycles. The van der Waals surface area contributed by atoms with Crippen LogP contribution in [0.25, 0.3) is 0 Å². The van der Waals surface area contributed by atoms with Gasteiger partial charge < -0.3 is 24.4 Å². The van der Waals surface area contributed by atoms with Crippen molar-refractivity contribution in [3.05, 3.63) is 47.5 Å². The molecule has 2 unspecified atom stereocenters. The van der Waals surface area contributed by atoms with Gasteiger partial charge in [-0.1, -0.05) is 12.1 Å². The number of phenols is 2. The van der Waals surface area contributed by atoms with Crippen LogP contribution in [-0.4, -0.2) is 36.6 Å². The summed E-state index contributed by atoms with van der Waals surface area (Å²) in [6.07, 6.45) is 1.37. The fourth-order valence-electron chi connectivity index (χ4n) is 2.88. The van der Waals surface area contributed by atoms with Crippen molar-refractivity contribution in [2.45, 2.75) is 38.9 Å². The fourth-order valence-corrected chi connectivity index (χ4v) is 2.88. The molecule has 0 aliphatic rings. The molecule has 0 saturated carbocycles. The third-order valence-corrected chi connectivity index (χ3v) is 4.00. The monoisotopic (exact) mass is 346 g/mol. The second-order valence-corrected chi connectivity index (χ2v) is 6.18. The van der Waals surface area contributed by atoms with Gasteiger partial charge in [0, 0.05) is 0 Å². The summed E-state index contributed by atoms with van der Waals surface area (Å²) < 4.78 is 16.1. The highest BCUT2D eigenvalue weighted by Gasteiger charge is 2.13. The Bertz CT molecular complexity index is 639. The van der Waals surface area contributed by atoms with Crippen molar-refractivity contribution < 1.29 is 24.4 Å². The van der Waals surface area contributed by atoms with E-state index < -0.39 is 0 Å². The highest BCUT2D eigenvalue weighted by atomic mass is 16.5. The molecule has 2 N–H and O–H groups in total. The number of phenolic OH excluding ortho intramolecular Hbond substituents is 2. The van der Waals surface area contributed by atoms with E-state index >= 15 is 0 Å². The van der Waals surface area contributed by atoms with Gasteiger partial charge in [0.1, 0.15) is 0 Å². The second kappa shape index (κ2) is 8.62. The zero-order valence-corrected chi connectivity index (χ0v) is 15.2. The zero-order valence-electron chi connectivity index (χ0n) is 15.2. The van der Waals surface area contributed by atoms with Crippen LogP contribution in [0.4, 0.5) is 0 Å². The molecule has 2 atom stereocenters. The minimum atomic E-state index is -0.00496. The molecule has 0 heterocycles. The Morgan fingerprint density at radius 2 is 1.16 bits per heavy atom. The summed E-state index contributed by atoms with van der Waals surface area (Å²) in [5.41, 5.74) is 1.97. The van der Waals surface area contributed by atoms with Crippen LogP contribution >= 0.6 is 0 Å². The van der Waals surface area contributed by atoms with Gasteiger partial charge in [-0.2, -0.15) is 0 Å². The number of rotatable bonds is 8. The van der Waals surface area contributed by atoms with Crippen LogP contribution in [0.5, 0.6) is 23.0 Å². The second-order valence-electron chi connectivity index (χ2n) is 6.18. The van der Waals surface area contributed by atoms with Crippen LogP contribution in [0.15, 0.2) is 36.4 Å². The summed E-state index contributed by atoms with van der Waals surface area (Å²) in [6.45, 7) is 4.01. The average Bonchev–Trinajstić information content (AvgIpc) is 2.55. The molecule has 0 amide bonds. The topological polar surface area (TPSA) is 68.2 Å². The predicted molar refractivity (Wildman–Crippen MR) is 96.7 cm³/mol. The molecule has 0 aromatic heterocycles. The fraction of sp³-hybridized carbons (Fsp3) is 0.400. The summed E-state index contributed by atoms with van der Waals surface area (Å²) in [5, 5.41) is 19.7. The molecule has 2 rings (SSSR count). The molecular formula is C20H26O5. The van der Waals surface area contributed by atoms with Crippen molar-refractivity contribution in [2.75, 3.05) is 14.2 Å². The molecule has 0 radical (unpaired) electrons. The lowest BCUT2D eigenvalue weighted by atomic mass is 10.1. The first-order valence-corrected chi connectivity index (χ1v) is 8.30. The first-order chi connectivity index (χ1) is 11.9. The maximum absolute atomic E-state index is 9.85. The number of hydrogen-bond donors (Lipinski definition) is 2. The van der Waals surface area contributed by atoms with Gasteiger partial charge in [-0.25, -0.2) is 0 Å². The summed E-state index contributed by atoms with van der Waals surface area (Å²) in [6, 6.07) is 10.7. The lowest BCUT2D eigenvalue weighted by molar-refractivity contribution is 0.00941. The van der Waals surface area contributed by atoms with Crippen molar-refractivity contribution >= 4 is 0 Å². The van der Waals surface area contributed by atoms with E-state index in [1.165, 1.54) is 14.2 Å². The van der Waals surface area contributed by atoms with Crippen LogP contribution in [-0.2, 0) is 17.6 Å². The van der Waals surface area contributed by atoms with Crippen molar-refractivity contribution in [3.8, 4) is 23.0 Å². The van der Waals surface area contributed by atoms with Gasteiger partial charge in [-0.15, -0.1) is 0 Å². The summed E-state index contributed by atoms with van der Waals surface area (Å²) in [4.78, 5) is 0. The lowest BCUT2D eigenvalue weighted by Crippen LogP contribution is -2.21. The zero-order chi connectivity index (χ0) is 18.4. The van der Waals surface area contributed by atoms with Crippen molar-refractivity contribution in [2.24, 2.45) is 0 Å². The Morgan fingerprint density at radius 3 is 1.48 bits per heavy atom. The molecule has 2 aromatic rings. The minimum Gasteiger partial charge on any atom is -0.504 e. The minimum absolute atomic E-state index is 0.00496. The Morgan fingerprint density at radius 1 is 0.760 bits per heavy atom. The van der Waals surface area contributed by atoms with Gasteiger partial charge >= 0.3 is 0 Å². The van der Waals surface area contributed by atoms with E-state index in [0.29, 0.717) is 24.3 Å². The van der Waals surface area contributed by atoms with E-state index in [1.54, 1.807) is 24.3 Å². The first kappa shape index (κ1) is 18.9. The van der Waals surface area contributed by atoms with Crippen LogP contribution in [0, 0.1) is 0 Å². The SMILES string of the molecule is COc1ccc(CC(C)OC(C)Cc2ccc(OC)c(O)c2)cc1O. The molecular weight excluding hydrogens is 320 g/mol. The van der Waals surface area contributed by atoms with Crippen LogP contribution < -0.4 is 9.47 Å². The average molecular weight is 346 g/mol. The van der Waals surface area contributed by atoms with Crippen molar-refractivity contribution in [3.63, 3.8) is 0 Å². The molecule has 25 heavy (non-hydrogen) atoms. The van der Waals surface area contributed by atoms with Gasteiger partial charge in [0.05, 0.1) is 26.4 Å². The summed E-state index contributed by atoms with van der Waals surface area (Å²) in [5.74, 6) is 1.19. The number of hydrogen-bond acceptors (Lipinski definition) is 5. The van der Waals surface area contributed by atoms with Gasteiger partial charge in [0.2, 0.25) is 0 Å². The normalized spacial score (nSPS) is 13.3. The molecule has 0 bridgehead atoms. The molecule has 0 spiro atoms. The van der Waals surface area contributed by atoms with E-state index in [0.717, 1.165) is 11.1 Å². The molecule has 5 heteroatoms. The quantitative estimate of drug-likeness (QED) is 0.763. The number of ether oxygens (including phenoxy) is 3. The molecule has 0 saturated heterocycles. The maximum Gasteiger partial charge on any atom is 0.160 e. The molecule has 2 aromatic carbocycles. The highest BCUT2D eigenvalue weighted by molar-refractivity contribution is 5.42. The van der Waals surface area contributed by atoms with Gasteiger partial charge in [0.25, 0.3) is 0 Å². The smallest absolute Gasteiger partial charge is 0.160 e. The maximum atomic E-state index is 9.85. The lowest BCUT2D eigenvalue weighted by Gasteiger charge is -2.20. The van der Waals surface area contributed by atoms with E-state index in [2.05, 4.69) is 0 Å². The summed E-state index contributed by atoms with van der Waals surface area (Å²) >= 11 is 0. The predicted octanol–water partition coefficient (Wildman–Crippen LogP) is 3.69. The van der Waals surface area contributed by atoms with E-state index in [9.17, 15) is 10.2 Å². The largest absolute Gasteiger partial charge is 0.504 e. The van der Waals surface area contributed by atoms with E-state index in [-0.39, 0.29) is 23.7 Å². The van der Waals surface area contributed by atoms with Crippen LogP contribution in [0.3, 0.4) is 0 Å². The van der Waals surface area contributed by atoms with Gasteiger partial charge in [-0.05, 0) is 62.1 Å². The highest BCUT2D eigenvalue weighted by Crippen LogP contribution is 2.28. The van der Waals surface area contributed by atoms with E-state index in [4.69, 9.17) is 14.2 Å². The van der Waals surface area contributed by atoms with Gasteiger partial charge in [0.15, 0.2) is 23.0 Å². The molecule has 136 valence electrons. The molecule has 5 nitrogen and oxygen atoms in total. The third kappa shape index (κ3) is 5.29. The number of benzene rings is 2. The Labute approximate surface area is 148 Å². The molecule has 0 aliphatic heterocycles.